The van der Waals surface area contributed by atoms with Gasteiger partial charge in [0.15, 0.2) is 0 Å². The molecule has 3 N–H and O–H groups in total. The Morgan fingerprint density at radius 2 is 1.73 bits per heavy atom. The second kappa shape index (κ2) is 8.08. The SMILES string of the molecule is CCOC(C(C)C)C(CCC(C)C)NN. The summed E-state index contributed by atoms with van der Waals surface area (Å²) in [6, 6.07) is 0.271. The molecule has 3 heteroatoms. The Hall–Kier alpha value is -0.120. The Kier molecular flexibility index (Phi) is 8.02. The molecule has 0 aliphatic heterocycles. The number of hydrazine groups is 1. The zero-order chi connectivity index (χ0) is 11.8. The van der Waals surface area contributed by atoms with E-state index in [1.807, 2.05) is 6.92 Å². The predicted molar refractivity (Wildman–Crippen MR) is 65.4 cm³/mol. The van der Waals surface area contributed by atoms with Crippen LogP contribution in [0.1, 0.15) is 47.5 Å². The second-order valence-corrected chi connectivity index (χ2v) is 4.91. The Morgan fingerprint density at radius 3 is 2.07 bits per heavy atom. The van der Waals surface area contributed by atoms with Crippen LogP contribution < -0.4 is 11.3 Å². The number of rotatable bonds is 8. The molecule has 0 rings (SSSR count). The maximum atomic E-state index is 5.75. The predicted octanol–water partition coefficient (Wildman–Crippen LogP) is 2.32. The van der Waals surface area contributed by atoms with Gasteiger partial charge < -0.3 is 4.74 Å². The van der Waals surface area contributed by atoms with Gasteiger partial charge in [0.05, 0.1) is 6.10 Å². The molecule has 0 spiro atoms. The zero-order valence-electron chi connectivity index (χ0n) is 10.9. The zero-order valence-corrected chi connectivity index (χ0v) is 10.9. The smallest absolute Gasteiger partial charge is 0.0764 e. The van der Waals surface area contributed by atoms with E-state index in [-0.39, 0.29) is 12.1 Å². The molecule has 0 radical (unpaired) electrons. The molecule has 15 heavy (non-hydrogen) atoms. The minimum atomic E-state index is 0.221. The molecule has 92 valence electrons. The van der Waals surface area contributed by atoms with Crippen LogP contribution in [-0.2, 0) is 4.74 Å². The first kappa shape index (κ1) is 14.9. The van der Waals surface area contributed by atoms with Crippen molar-refractivity contribution in [2.24, 2.45) is 17.7 Å². The highest BCUT2D eigenvalue weighted by atomic mass is 16.5. The monoisotopic (exact) mass is 216 g/mol. The first-order valence-corrected chi connectivity index (χ1v) is 6.10. The minimum absolute atomic E-state index is 0.221. The maximum Gasteiger partial charge on any atom is 0.0764 e. The van der Waals surface area contributed by atoms with Crippen LogP contribution in [0, 0.1) is 11.8 Å². The van der Waals surface area contributed by atoms with E-state index >= 15 is 0 Å². The number of nitrogens with one attached hydrogen (secondary N) is 1. The van der Waals surface area contributed by atoms with Crippen molar-refractivity contribution in [1.82, 2.24) is 5.43 Å². The molecule has 0 saturated carbocycles. The Balaban J connectivity index is 4.18. The van der Waals surface area contributed by atoms with Crippen molar-refractivity contribution in [3.63, 3.8) is 0 Å². The first-order valence-electron chi connectivity index (χ1n) is 6.10. The van der Waals surface area contributed by atoms with Crippen LogP contribution in [0.5, 0.6) is 0 Å². The summed E-state index contributed by atoms with van der Waals surface area (Å²) in [6.07, 6.45) is 2.49. The number of ether oxygens (including phenoxy) is 1. The standard InChI is InChI=1S/C12H28N2O/c1-6-15-12(10(4)5)11(14-13)8-7-9(2)3/h9-12,14H,6-8,13H2,1-5H3. The molecule has 0 heterocycles. The molecule has 0 aromatic heterocycles. The van der Waals surface area contributed by atoms with Crippen LogP contribution in [0.25, 0.3) is 0 Å². The largest absolute Gasteiger partial charge is 0.377 e. The van der Waals surface area contributed by atoms with Crippen LogP contribution in [0.2, 0.25) is 0 Å². The van der Waals surface area contributed by atoms with Crippen molar-refractivity contribution in [3.05, 3.63) is 0 Å². The molecule has 0 amide bonds. The van der Waals surface area contributed by atoms with Gasteiger partial charge in [-0.05, 0) is 31.6 Å². The van der Waals surface area contributed by atoms with Gasteiger partial charge in [-0.15, -0.1) is 0 Å². The first-order chi connectivity index (χ1) is 7.02. The van der Waals surface area contributed by atoms with E-state index in [0.717, 1.165) is 18.9 Å². The van der Waals surface area contributed by atoms with E-state index in [2.05, 4.69) is 33.1 Å². The summed E-state index contributed by atoms with van der Waals surface area (Å²) in [7, 11) is 0. The Bertz CT molecular complexity index is 149. The molecular formula is C12H28N2O. The highest BCUT2D eigenvalue weighted by Crippen LogP contribution is 2.17. The van der Waals surface area contributed by atoms with Crippen molar-refractivity contribution in [3.8, 4) is 0 Å². The van der Waals surface area contributed by atoms with E-state index < -0.39 is 0 Å². The van der Waals surface area contributed by atoms with Crippen LogP contribution in [-0.4, -0.2) is 18.8 Å². The maximum absolute atomic E-state index is 5.75. The van der Waals surface area contributed by atoms with Crippen molar-refractivity contribution in [2.75, 3.05) is 6.61 Å². The van der Waals surface area contributed by atoms with Crippen molar-refractivity contribution >= 4 is 0 Å². The second-order valence-electron chi connectivity index (χ2n) is 4.91. The van der Waals surface area contributed by atoms with Crippen molar-refractivity contribution in [1.29, 1.82) is 0 Å². The Morgan fingerprint density at radius 1 is 1.13 bits per heavy atom. The number of nitrogens with two attached hydrogens (primary N) is 1. The summed E-state index contributed by atoms with van der Waals surface area (Å²) >= 11 is 0. The molecular weight excluding hydrogens is 188 g/mol. The van der Waals surface area contributed by atoms with Gasteiger partial charge in [0.2, 0.25) is 0 Å². The molecule has 0 bridgehead atoms. The topological polar surface area (TPSA) is 47.3 Å². The molecule has 0 aromatic rings. The molecule has 2 unspecified atom stereocenters. The third-order valence-electron chi connectivity index (χ3n) is 2.68. The van der Waals surface area contributed by atoms with Gasteiger partial charge in [0, 0.05) is 12.6 Å². The van der Waals surface area contributed by atoms with Crippen molar-refractivity contribution in [2.45, 2.75) is 59.6 Å². The van der Waals surface area contributed by atoms with E-state index in [9.17, 15) is 0 Å². The molecule has 0 aliphatic carbocycles. The van der Waals surface area contributed by atoms with Gasteiger partial charge in [-0.25, -0.2) is 0 Å². The van der Waals surface area contributed by atoms with Gasteiger partial charge >= 0.3 is 0 Å². The third-order valence-corrected chi connectivity index (χ3v) is 2.68. The van der Waals surface area contributed by atoms with Crippen LogP contribution in [0.15, 0.2) is 0 Å². The van der Waals surface area contributed by atoms with Gasteiger partial charge in [0.1, 0.15) is 0 Å². The minimum Gasteiger partial charge on any atom is -0.377 e. The molecule has 0 fully saturated rings. The fourth-order valence-electron chi connectivity index (χ4n) is 1.82. The van der Waals surface area contributed by atoms with Crippen LogP contribution in [0.4, 0.5) is 0 Å². The fourth-order valence-corrected chi connectivity index (χ4v) is 1.82. The molecule has 0 saturated heterocycles. The average molecular weight is 216 g/mol. The van der Waals surface area contributed by atoms with Gasteiger partial charge in [-0.3, -0.25) is 11.3 Å². The lowest BCUT2D eigenvalue weighted by molar-refractivity contribution is 0.000310. The quantitative estimate of drug-likeness (QED) is 0.483. The highest BCUT2D eigenvalue weighted by Gasteiger charge is 2.23. The third kappa shape index (κ3) is 6.13. The number of hydrogen-bond acceptors (Lipinski definition) is 3. The lowest BCUT2D eigenvalue weighted by atomic mass is 9.93. The summed E-state index contributed by atoms with van der Waals surface area (Å²) < 4.78 is 5.75. The van der Waals surface area contributed by atoms with E-state index in [1.165, 1.54) is 6.42 Å². The highest BCUT2D eigenvalue weighted by molar-refractivity contribution is 4.78. The summed E-state index contributed by atoms with van der Waals surface area (Å²) in [5, 5.41) is 0. The molecule has 2 atom stereocenters. The Labute approximate surface area is 94.7 Å². The summed E-state index contributed by atoms with van der Waals surface area (Å²) in [6.45, 7) is 11.6. The lowest BCUT2D eigenvalue weighted by Gasteiger charge is -2.30. The number of hydrogen-bond donors (Lipinski definition) is 2. The van der Waals surface area contributed by atoms with Crippen LogP contribution >= 0.6 is 0 Å². The summed E-state index contributed by atoms with van der Waals surface area (Å²) in [5.74, 6) is 6.81. The van der Waals surface area contributed by atoms with Gasteiger partial charge in [0.25, 0.3) is 0 Å². The summed E-state index contributed by atoms with van der Waals surface area (Å²) in [5.41, 5.74) is 2.90. The molecule has 0 aliphatic rings. The normalized spacial score (nSPS) is 16.0. The van der Waals surface area contributed by atoms with Crippen LogP contribution in [0.3, 0.4) is 0 Å². The fraction of sp³-hybridized carbons (Fsp3) is 1.00. The van der Waals surface area contributed by atoms with Crippen molar-refractivity contribution < 1.29 is 4.74 Å². The van der Waals surface area contributed by atoms with E-state index in [0.29, 0.717) is 5.92 Å². The van der Waals surface area contributed by atoms with E-state index in [4.69, 9.17) is 10.6 Å². The molecule has 3 nitrogen and oxygen atoms in total. The van der Waals surface area contributed by atoms with Gasteiger partial charge in [-0.1, -0.05) is 27.7 Å². The average Bonchev–Trinajstić information content (AvgIpc) is 2.16. The van der Waals surface area contributed by atoms with Gasteiger partial charge in [-0.2, -0.15) is 0 Å². The lowest BCUT2D eigenvalue weighted by Crippen LogP contribution is -2.47. The molecule has 0 aromatic carbocycles. The van der Waals surface area contributed by atoms with E-state index in [1.54, 1.807) is 0 Å². The summed E-state index contributed by atoms with van der Waals surface area (Å²) in [4.78, 5) is 0.